The number of hydrogen-bond acceptors (Lipinski definition) is 1. The number of rotatable bonds is 2. The molecule has 35 heavy (non-hydrogen) atoms. The van der Waals surface area contributed by atoms with Gasteiger partial charge in [0, 0.05) is 49.5 Å². The molecule has 0 saturated heterocycles. The number of fused-ring (bicyclic) bond motifs is 5. The third-order valence-corrected chi connectivity index (χ3v) is 9.71. The molecule has 4 aromatic carbocycles. The highest BCUT2D eigenvalue weighted by atomic mass is 32.2. The molecule has 2 heteroatoms. The molecular formula is C33H33NS. The second-order valence-electron chi connectivity index (χ2n) is 11.3. The van der Waals surface area contributed by atoms with Crippen molar-refractivity contribution in [3.05, 3.63) is 106 Å². The fraction of sp³-hybridized carbons (Fsp3) is 0.273. The van der Waals surface area contributed by atoms with Crippen LogP contribution >= 0.6 is 11.8 Å². The molecule has 0 aliphatic heterocycles. The first-order valence-electron chi connectivity index (χ1n) is 12.5. The molecule has 0 saturated carbocycles. The molecule has 0 N–H and O–H groups in total. The van der Waals surface area contributed by atoms with Crippen LogP contribution in [0.5, 0.6) is 0 Å². The highest BCUT2D eigenvalue weighted by Gasteiger charge is 2.41. The molecule has 6 rings (SSSR count). The first-order chi connectivity index (χ1) is 16.6. The molecule has 0 fully saturated rings. The smallest absolute Gasteiger partial charge is 0.0500 e. The van der Waals surface area contributed by atoms with Crippen molar-refractivity contribution in [2.45, 2.75) is 62.2 Å². The molecule has 0 radical (unpaired) electrons. The zero-order valence-electron chi connectivity index (χ0n) is 21.8. The minimum atomic E-state index is -0.0343. The van der Waals surface area contributed by atoms with E-state index in [4.69, 9.17) is 0 Å². The van der Waals surface area contributed by atoms with Crippen molar-refractivity contribution < 1.29 is 0 Å². The van der Waals surface area contributed by atoms with Gasteiger partial charge in [-0.2, -0.15) is 0 Å². The Morgan fingerprint density at radius 2 is 1.11 bits per heavy atom. The lowest BCUT2D eigenvalue weighted by molar-refractivity contribution is 0.521. The van der Waals surface area contributed by atoms with Gasteiger partial charge in [0.15, 0.2) is 0 Å². The predicted molar refractivity (Wildman–Crippen MR) is 151 cm³/mol. The molecule has 1 aromatic heterocycles. The summed E-state index contributed by atoms with van der Waals surface area (Å²) in [5.41, 5.74) is 11.0. The molecule has 0 atom stereocenters. The van der Waals surface area contributed by atoms with Crippen molar-refractivity contribution in [3.8, 4) is 0 Å². The number of aryl methyl sites for hydroxylation is 3. The quantitative estimate of drug-likeness (QED) is 0.246. The Hall–Kier alpha value is -2.97. The molecule has 1 nitrogen and oxygen atoms in total. The van der Waals surface area contributed by atoms with Crippen LogP contribution in [0.25, 0.3) is 21.8 Å². The van der Waals surface area contributed by atoms with E-state index in [0.29, 0.717) is 0 Å². The maximum atomic E-state index is 2.50. The fourth-order valence-electron chi connectivity index (χ4n) is 6.18. The topological polar surface area (TPSA) is 4.93 Å². The fourth-order valence-corrected chi connectivity index (χ4v) is 7.18. The average molecular weight is 476 g/mol. The molecule has 0 spiro atoms. The van der Waals surface area contributed by atoms with Crippen LogP contribution in [0, 0.1) is 13.8 Å². The summed E-state index contributed by atoms with van der Waals surface area (Å²) < 4.78 is 2.40. The minimum Gasteiger partial charge on any atom is -0.344 e. The zero-order chi connectivity index (χ0) is 24.7. The SMILES string of the molecule is Cc1ccccc1Sc1cc2c(cc1C)c1cc3c(cc1n2C)C(C)(C)c1ccccc1C3(C)C. The van der Waals surface area contributed by atoms with Crippen LogP contribution in [0.2, 0.25) is 0 Å². The first kappa shape index (κ1) is 22.5. The van der Waals surface area contributed by atoms with Crippen LogP contribution in [0.15, 0.2) is 82.6 Å². The summed E-state index contributed by atoms with van der Waals surface area (Å²) in [7, 11) is 2.23. The van der Waals surface area contributed by atoms with Crippen LogP contribution in [0.3, 0.4) is 0 Å². The van der Waals surface area contributed by atoms with Gasteiger partial charge in [-0.1, -0.05) is 81.9 Å². The standard InChI is InChI=1S/C33H33NS/c1-20-12-8-11-15-30(20)35-31-19-29-22(16-21(31)2)23-17-26-27(18-28(23)34(29)7)33(5,6)25-14-10-9-13-24(25)32(26,3)4/h8-19H,1-7H3. The Balaban J connectivity index is 1.60. The van der Waals surface area contributed by atoms with Gasteiger partial charge in [0.05, 0.1) is 0 Å². The van der Waals surface area contributed by atoms with E-state index in [9.17, 15) is 0 Å². The first-order valence-corrected chi connectivity index (χ1v) is 13.3. The minimum absolute atomic E-state index is 0.0339. The predicted octanol–water partition coefficient (Wildman–Crippen LogP) is 9.06. The zero-order valence-corrected chi connectivity index (χ0v) is 22.6. The van der Waals surface area contributed by atoms with Crippen LogP contribution in [0.1, 0.15) is 61.1 Å². The molecule has 0 amide bonds. The summed E-state index contributed by atoms with van der Waals surface area (Å²) in [5.74, 6) is 0. The van der Waals surface area contributed by atoms with Gasteiger partial charge in [0.2, 0.25) is 0 Å². The van der Waals surface area contributed by atoms with Gasteiger partial charge in [-0.15, -0.1) is 0 Å². The summed E-state index contributed by atoms with van der Waals surface area (Å²) in [4.78, 5) is 2.65. The lowest BCUT2D eigenvalue weighted by Gasteiger charge is -2.44. The lowest BCUT2D eigenvalue weighted by Crippen LogP contribution is -2.36. The van der Waals surface area contributed by atoms with E-state index in [1.807, 2.05) is 11.8 Å². The van der Waals surface area contributed by atoms with E-state index in [0.717, 1.165) is 0 Å². The monoisotopic (exact) mass is 475 g/mol. The maximum Gasteiger partial charge on any atom is 0.0500 e. The Bertz CT molecular complexity index is 1650. The van der Waals surface area contributed by atoms with Crippen LogP contribution in [-0.4, -0.2) is 4.57 Å². The van der Waals surface area contributed by atoms with Gasteiger partial charge in [-0.05, 0) is 77.6 Å². The van der Waals surface area contributed by atoms with Crippen molar-refractivity contribution in [1.29, 1.82) is 0 Å². The van der Waals surface area contributed by atoms with Crippen molar-refractivity contribution >= 4 is 33.6 Å². The Morgan fingerprint density at radius 3 is 1.77 bits per heavy atom. The second kappa shape index (κ2) is 7.51. The van der Waals surface area contributed by atoms with Crippen molar-refractivity contribution in [2.75, 3.05) is 0 Å². The highest BCUT2D eigenvalue weighted by Crippen LogP contribution is 2.51. The van der Waals surface area contributed by atoms with E-state index < -0.39 is 0 Å². The average Bonchev–Trinajstić information content (AvgIpc) is 3.09. The van der Waals surface area contributed by atoms with E-state index in [2.05, 4.69) is 126 Å². The van der Waals surface area contributed by atoms with Crippen molar-refractivity contribution in [3.63, 3.8) is 0 Å². The van der Waals surface area contributed by atoms with Gasteiger partial charge in [-0.25, -0.2) is 0 Å². The molecule has 0 bridgehead atoms. The largest absolute Gasteiger partial charge is 0.344 e. The van der Waals surface area contributed by atoms with E-state index in [1.54, 1.807) is 0 Å². The third-order valence-electron chi connectivity index (χ3n) is 8.38. The van der Waals surface area contributed by atoms with Crippen LogP contribution in [-0.2, 0) is 17.9 Å². The molecule has 1 heterocycles. The van der Waals surface area contributed by atoms with Crippen LogP contribution < -0.4 is 0 Å². The van der Waals surface area contributed by atoms with E-state index in [1.165, 1.54) is 65.0 Å². The van der Waals surface area contributed by atoms with Gasteiger partial charge in [0.25, 0.3) is 0 Å². The van der Waals surface area contributed by atoms with Crippen LogP contribution in [0.4, 0.5) is 0 Å². The summed E-state index contributed by atoms with van der Waals surface area (Å²) in [6.07, 6.45) is 0. The Kier molecular flexibility index (Phi) is 4.83. The Labute approximate surface area is 213 Å². The van der Waals surface area contributed by atoms with Crippen molar-refractivity contribution in [1.82, 2.24) is 4.57 Å². The number of aromatic nitrogens is 1. The summed E-state index contributed by atoms with van der Waals surface area (Å²) in [6.45, 7) is 14.0. The highest BCUT2D eigenvalue weighted by molar-refractivity contribution is 7.99. The molecule has 176 valence electrons. The lowest BCUT2D eigenvalue weighted by atomic mass is 9.60. The third kappa shape index (κ3) is 3.16. The number of benzene rings is 4. The normalized spacial score (nSPS) is 15.9. The van der Waals surface area contributed by atoms with Gasteiger partial charge < -0.3 is 4.57 Å². The summed E-state index contributed by atoms with van der Waals surface area (Å²) in [6, 6.07) is 27.5. The van der Waals surface area contributed by atoms with Gasteiger partial charge >= 0.3 is 0 Å². The number of nitrogens with zero attached hydrogens (tertiary/aromatic N) is 1. The second-order valence-corrected chi connectivity index (χ2v) is 12.4. The molecule has 1 aliphatic rings. The molecule has 1 aliphatic carbocycles. The van der Waals surface area contributed by atoms with E-state index >= 15 is 0 Å². The maximum absolute atomic E-state index is 2.50. The molecule has 0 unspecified atom stereocenters. The summed E-state index contributed by atoms with van der Waals surface area (Å²) in [5, 5.41) is 2.71. The van der Waals surface area contributed by atoms with Crippen molar-refractivity contribution in [2.24, 2.45) is 7.05 Å². The molecular weight excluding hydrogens is 442 g/mol. The number of hydrogen-bond donors (Lipinski definition) is 0. The van der Waals surface area contributed by atoms with Gasteiger partial charge in [-0.3, -0.25) is 0 Å². The molecule has 5 aromatic rings. The Morgan fingerprint density at radius 1 is 0.571 bits per heavy atom. The van der Waals surface area contributed by atoms with E-state index in [-0.39, 0.29) is 10.8 Å². The van der Waals surface area contributed by atoms with Gasteiger partial charge in [0.1, 0.15) is 0 Å². The summed E-state index contributed by atoms with van der Waals surface area (Å²) >= 11 is 1.88.